The quantitative estimate of drug-likeness (QED) is 0.422. The predicted molar refractivity (Wildman–Crippen MR) is 134 cm³/mol. The van der Waals surface area contributed by atoms with Crippen LogP contribution in [0.5, 0.6) is 0 Å². The fraction of sp³-hybridized carbons (Fsp3) is 0.192. The van der Waals surface area contributed by atoms with E-state index in [1.165, 1.54) is 9.08 Å². The largest absolute Gasteiger partial charge is 0.451 e. The highest BCUT2D eigenvalue weighted by molar-refractivity contribution is 5.94. The molecule has 7 nitrogen and oxygen atoms in total. The van der Waals surface area contributed by atoms with E-state index in [0.717, 1.165) is 36.0 Å². The maximum Gasteiger partial charge on any atom is 0.350 e. The maximum atomic E-state index is 13.8. The third-order valence-electron chi connectivity index (χ3n) is 6.73. The minimum Gasteiger partial charge on any atom is -0.451 e. The highest BCUT2D eigenvalue weighted by atomic mass is 35.5. The maximum absolute atomic E-state index is 13.8. The van der Waals surface area contributed by atoms with E-state index in [4.69, 9.17) is 10.2 Å². The first-order valence-corrected chi connectivity index (χ1v) is 11.0. The molecule has 0 unspecified atom stereocenters. The van der Waals surface area contributed by atoms with Crippen LogP contribution in [0.15, 0.2) is 80.9 Å². The lowest BCUT2D eigenvalue weighted by Crippen LogP contribution is -2.43. The lowest BCUT2D eigenvalue weighted by atomic mass is 9.72. The van der Waals surface area contributed by atoms with Crippen LogP contribution in [-0.2, 0) is 12.6 Å². The molecule has 5 aromatic rings. The minimum absolute atomic E-state index is 0. The van der Waals surface area contributed by atoms with Gasteiger partial charge in [0.05, 0.1) is 10.9 Å². The van der Waals surface area contributed by atoms with E-state index in [1.54, 1.807) is 19.3 Å². The van der Waals surface area contributed by atoms with Crippen molar-refractivity contribution in [1.82, 2.24) is 14.2 Å². The fourth-order valence-corrected chi connectivity index (χ4v) is 4.65. The van der Waals surface area contributed by atoms with Crippen molar-refractivity contribution in [3.8, 4) is 22.5 Å². The number of halogens is 1. The smallest absolute Gasteiger partial charge is 0.350 e. The highest BCUT2D eigenvalue weighted by Crippen LogP contribution is 2.40. The zero-order valence-corrected chi connectivity index (χ0v) is 19.3. The molecule has 1 aliphatic rings. The molecular weight excluding hydrogens is 452 g/mol. The molecule has 0 amide bonds. The second kappa shape index (κ2) is 7.97. The van der Waals surface area contributed by atoms with Gasteiger partial charge in [-0.05, 0) is 36.5 Å². The number of fused-ring (bicyclic) bond motifs is 3. The first kappa shape index (κ1) is 22.1. The molecule has 0 radical (unpaired) electrons. The zero-order chi connectivity index (χ0) is 22.7. The third-order valence-corrected chi connectivity index (χ3v) is 6.73. The number of rotatable bonds is 3. The summed E-state index contributed by atoms with van der Waals surface area (Å²) >= 11 is 0. The Morgan fingerprint density at radius 3 is 2.32 bits per heavy atom. The number of benzene rings is 2. The Balaban J connectivity index is 0.00000241. The van der Waals surface area contributed by atoms with Gasteiger partial charge in [-0.2, -0.15) is 0 Å². The minimum atomic E-state index is -0.304. The molecule has 0 spiro atoms. The Hall–Kier alpha value is -3.68. The normalized spacial score (nSPS) is 14.6. The van der Waals surface area contributed by atoms with Crippen LogP contribution in [0.2, 0.25) is 0 Å². The van der Waals surface area contributed by atoms with Crippen molar-refractivity contribution in [2.24, 2.45) is 12.8 Å². The van der Waals surface area contributed by atoms with Crippen molar-refractivity contribution in [3.63, 3.8) is 0 Å². The lowest BCUT2D eigenvalue weighted by Gasteiger charge is -2.38. The van der Waals surface area contributed by atoms with Crippen LogP contribution in [0.1, 0.15) is 24.8 Å². The average molecular weight is 475 g/mol. The summed E-state index contributed by atoms with van der Waals surface area (Å²) in [7, 11) is 1.57. The molecule has 3 heterocycles. The van der Waals surface area contributed by atoms with Crippen LogP contribution in [0.3, 0.4) is 0 Å². The molecule has 1 fully saturated rings. The Labute approximate surface area is 200 Å². The molecule has 1 saturated carbocycles. The van der Waals surface area contributed by atoms with E-state index in [-0.39, 0.29) is 34.6 Å². The van der Waals surface area contributed by atoms with Crippen LogP contribution in [0.4, 0.5) is 0 Å². The van der Waals surface area contributed by atoms with Crippen molar-refractivity contribution in [2.75, 3.05) is 0 Å². The number of hydrogen-bond donors (Lipinski definition) is 1. The van der Waals surface area contributed by atoms with Crippen LogP contribution < -0.4 is 16.9 Å². The molecule has 34 heavy (non-hydrogen) atoms. The van der Waals surface area contributed by atoms with Gasteiger partial charge in [-0.1, -0.05) is 54.6 Å². The molecule has 1 aliphatic carbocycles. The van der Waals surface area contributed by atoms with Gasteiger partial charge in [-0.15, -0.1) is 17.5 Å². The van der Waals surface area contributed by atoms with Gasteiger partial charge in [-0.3, -0.25) is 4.79 Å². The van der Waals surface area contributed by atoms with Crippen molar-refractivity contribution in [2.45, 2.75) is 24.8 Å². The van der Waals surface area contributed by atoms with Gasteiger partial charge in [-0.25, -0.2) is 13.9 Å². The summed E-state index contributed by atoms with van der Waals surface area (Å²) in [5, 5.41) is 4.67. The lowest BCUT2D eigenvalue weighted by molar-refractivity contribution is 0.253. The summed E-state index contributed by atoms with van der Waals surface area (Å²) in [6, 6.07) is 19.0. The molecule has 3 aromatic heterocycles. The van der Waals surface area contributed by atoms with Gasteiger partial charge in [0.15, 0.2) is 5.58 Å². The number of nitrogens with two attached hydrogens (primary N) is 1. The summed E-state index contributed by atoms with van der Waals surface area (Å²) in [5.74, 6) is 0.443. The summed E-state index contributed by atoms with van der Waals surface area (Å²) < 4.78 is 8.98. The average Bonchev–Trinajstić information content (AvgIpc) is 3.12. The Morgan fingerprint density at radius 2 is 1.68 bits per heavy atom. The van der Waals surface area contributed by atoms with Gasteiger partial charge < -0.3 is 10.2 Å². The second-order valence-corrected chi connectivity index (χ2v) is 8.75. The van der Waals surface area contributed by atoms with E-state index >= 15 is 0 Å². The molecule has 0 aliphatic heterocycles. The predicted octanol–water partition coefficient (Wildman–Crippen LogP) is 4.23. The van der Waals surface area contributed by atoms with Crippen molar-refractivity contribution < 1.29 is 4.42 Å². The van der Waals surface area contributed by atoms with Gasteiger partial charge in [0, 0.05) is 24.3 Å². The highest BCUT2D eigenvalue weighted by Gasteiger charge is 2.34. The van der Waals surface area contributed by atoms with Crippen LogP contribution in [0.25, 0.3) is 39.1 Å². The molecule has 8 heteroatoms. The Bertz CT molecular complexity index is 1650. The molecule has 0 bridgehead atoms. The molecule has 172 valence electrons. The Morgan fingerprint density at radius 1 is 0.971 bits per heavy atom. The van der Waals surface area contributed by atoms with Crippen molar-refractivity contribution >= 4 is 29.0 Å². The summed E-state index contributed by atoms with van der Waals surface area (Å²) in [6.07, 6.45) is 4.64. The number of aryl methyl sites for hydroxylation is 1. The molecule has 2 aromatic carbocycles. The monoisotopic (exact) mass is 474 g/mol. The number of aromatic nitrogens is 3. The standard InChI is InChI=1S/C26H22N4O3.ClH/c1-29-25(32)30-15-12-19-21(31)20(16-8-10-18(11-9-16)26(27)13-5-14-26)22(17-6-3-2-4-7-17)33-23(19)24(30)28-29;/h2-4,6-12,15H,5,13-14,27H2,1H3;1H. The summed E-state index contributed by atoms with van der Waals surface area (Å²) in [5.41, 5.74) is 9.42. The first-order chi connectivity index (χ1) is 16.0. The second-order valence-electron chi connectivity index (χ2n) is 8.75. The Kier molecular flexibility index (Phi) is 5.19. The molecule has 6 rings (SSSR count). The molecule has 2 N–H and O–H groups in total. The van der Waals surface area contributed by atoms with Gasteiger partial charge >= 0.3 is 5.69 Å². The topological polar surface area (TPSA) is 95.5 Å². The van der Waals surface area contributed by atoms with Crippen LogP contribution in [0, 0.1) is 0 Å². The van der Waals surface area contributed by atoms with E-state index < -0.39 is 0 Å². The first-order valence-electron chi connectivity index (χ1n) is 11.0. The fourth-order valence-electron chi connectivity index (χ4n) is 4.65. The van der Waals surface area contributed by atoms with Crippen molar-refractivity contribution in [1.29, 1.82) is 0 Å². The number of hydrogen-bond acceptors (Lipinski definition) is 5. The van der Waals surface area contributed by atoms with E-state index in [9.17, 15) is 9.59 Å². The third kappa shape index (κ3) is 3.20. The summed E-state index contributed by atoms with van der Waals surface area (Å²) in [6.45, 7) is 0. The van der Waals surface area contributed by atoms with E-state index in [0.29, 0.717) is 22.4 Å². The number of pyridine rings is 1. The molecule has 0 atom stereocenters. The van der Waals surface area contributed by atoms with Crippen molar-refractivity contribution in [3.05, 3.63) is 93.1 Å². The van der Waals surface area contributed by atoms with E-state index in [1.807, 2.05) is 54.6 Å². The SMILES string of the molecule is Cl.Cn1nc2c3oc(-c4ccccc4)c(-c4ccc(C5(N)CCC5)cc4)c(=O)c3ccn2c1=O. The molecular formula is C26H23ClN4O3. The van der Waals surface area contributed by atoms with Crippen LogP contribution >= 0.6 is 12.4 Å². The van der Waals surface area contributed by atoms with Gasteiger partial charge in [0.1, 0.15) is 5.76 Å². The zero-order valence-electron chi connectivity index (χ0n) is 18.5. The summed E-state index contributed by atoms with van der Waals surface area (Å²) in [4.78, 5) is 26.2. The van der Waals surface area contributed by atoms with Gasteiger partial charge in [0.25, 0.3) is 0 Å². The molecule has 0 saturated heterocycles. The number of nitrogens with zero attached hydrogens (tertiary/aromatic N) is 3. The van der Waals surface area contributed by atoms with Gasteiger partial charge in [0.2, 0.25) is 11.1 Å². The van der Waals surface area contributed by atoms with Crippen LogP contribution in [-0.4, -0.2) is 14.2 Å². The van der Waals surface area contributed by atoms with E-state index in [2.05, 4.69) is 5.10 Å².